The van der Waals surface area contributed by atoms with Crippen molar-refractivity contribution in [3.8, 4) is 0 Å². The summed E-state index contributed by atoms with van der Waals surface area (Å²) in [5.74, 6) is 0.597. The van der Waals surface area contributed by atoms with Crippen LogP contribution >= 0.6 is 11.6 Å². The molecule has 2 nitrogen and oxygen atoms in total. The lowest BCUT2D eigenvalue weighted by molar-refractivity contribution is 0.385. The molecule has 0 amide bonds. The Morgan fingerprint density at radius 3 is 3.12 bits per heavy atom. The molecule has 1 aromatic heterocycles. The highest BCUT2D eigenvalue weighted by Crippen LogP contribution is 2.31. The molecule has 2 heterocycles. The summed E-state index contributed by atoms with van der Waals surface area (Å²) in [6.07, 6.45) is 2.32. The molecule has 0 radical (unpaired) electrons. The third kappa shape index (κ3) is 1.45. The number of hydrogen-bond acceptors (Lipinski definition) is 1. The van der Waals surface area contributed by atoms with Crippen LogP contribution < -0.4 is 5.73 Å². The third-order valence-electron chi connectivity index (χ3n) is 3.54. The number of aromatic nitrogens is 1. The van der Waals surface area contributed by atoms with Crippen molar-refractivity contribution < 1.29 is 0 Å². The Labute approximate surface area is 100.0 Å². The van der Waals surface area contributed by atoms with Gasteiger partial charge in [0.15, 0.2) is 0 Å². The Hall–Kier alpha value is -0.990. The molecule has 1 aliphatic heterocycles. The average Bonchev–Trinajstić information content (AvgIpc) is 2.67. The first-order valence-electron chi connectivity index (χ1n) is 5.76. The van der Waals surface area contributed by atoms with Crippen molar-refractivity contribution in [2.75, 3.05) is 6.54 Å². The molecule has 1 atom stereocenters. The van der Waals surface area contributed by atoms with Crippen LogP contribution in [0.15, 0.2) is 24.3 Å². The highest BCUT2D eigenvalue weighted by Gasteiger charge is 2.20. The van der Waals surface area contributed by atoms with Gasteiger partial charge in [0.1, 0.15) is 0 Å². The second-order valence-electron chi connectivity index (χ2n) is 4.56. The SMILES string of the molecule is NCC1CCc2cc3cccc(Cl)c3n2C1. The molecule has 0 spiro atoms. The molecular formula is C13H15ClN2. The normalized spacial score (nSPS) is 20.0. The molecule has 3 heteroatoms. The first-order valence-corrected chi connectivity index (χ1v) is 6.14. The summed E-state index contributed by atoms with van der Waals surface area (Å²) in [6, 6.07) is 8.36. The fraction of sp³-hybridized carbons (Fsp3) is 0.385. The molecule has 1 aliphatic rings. The fourth-order valence-electron chi connectivity index (χ4n) is 2.64. The van der Waals surface area contributed by atoms with Crippen molar-refractivity contribution in [2.24, 2.45) is 11.7 Å². The van der Waals surface area contributed by atoms with E-state index in [4.69, 9.17) is 17.3 Å². The van der Waals surface area contributed by atoms with E-state index >= 15 is 0 Å². The molecule has 84 valence electrons. The molecule has 2 aromatic rings. The van der Waals surface area contributed by atoms with Gasteiger partial charge in [-0.25, -0.2) is 0 Å². The van der Waals surface area contributed by atoms with Gasteiger partial charge in [-0.15, -0.1) is 0 Å². The minimum atomic E-state index is 0.597. The van der Waals surface area contributed by atoms with Gasteiger partial charge in [-0.3, -0.25) is 0 Å². The zero-order valence-corrected chi connectivity index (χ0v) is 9.87. The minimum absolute atomic E-state index is 0.597. The first kappa shape index (κ1) is 10.2. The van der Waals surface area contributed by atoms with Crippen molar-refractivity contribution >= 4 is 22.5 Å². The standard InChI is InChI=1S/C13H15ClN2/c14-12-3-1-2-10-6-11-5-4-9(7-15)8-16(11)13(10)12/h1-3,6,9H,4-5,7-8,15H2. The number of fused-ring (bicyclic) bond motifs is 3. The van der Waals surface area contributed by atoms with Gasteiger partial charge in [-0.2, -0.15) is 0 Å². The van der Waals surface area contributed by atoms with Crippen LogP contribution in [0.5, 0.6) is 0 Å². The Bertz CT molecular complexity index is 530. The Kier molecular flexibility index (Phi) is 2.41. The average molecular weight is 235 g/mol. The summed E-state index contributed by atoms with van der Waals surface area (Å²) in [5.41, 5.74) is 8.34. The van der Waals surface area contributed by atoms with Gasteiger partial charge >= 0.3 is 0 Å². The van der Waals surface area contributed by atoms with Crippen molar-refractivity contribution in [2.45, 2.75) is 19.4 Å². The van der Waals surface area contributed by atoms with E-state index in [9.17, 15) is 0 Å². The van der Waals surface area contributed by atoms with Crippen LogP contribution in [0.4, 0.5) is 0 Å². The van der Waals surface area contributed by atoms with Crippen LogP contribution in [-0.2, 0) is 13.0 Å². The van der Waals surface area contributed by atoms with Gasteiger partial charge < -0.3 is 10.3 Å². The molecule has 1 aromatic carbocycles. The monoisotopic (exact) mass is 234 g/mol. The van der Waals surface area contributed by atoms with Crippen LogP contribution in [0.1, 0.15) is 12.1 Å². The van der Waals surface area contributed by atoms with Crippen molar-refractivity contribution in [3.05, 3.63) is 35.0 Å². The summed E-state index contributed by atoms with van der Waals surface area (Å²) < 4.78 is 2.35. The molecule has 0 saturated carbocycles. The molecular weight excluding hydrogens is 220 g/mol. The van der Waals surface area contributed by atoms with E-state index in [0.29, 0.717) is 5.92 Å². The molecule has 0 fully saturated rings. The lowest BCUT2D eigenvalue weighted by atomic mass is 9.98. The van der Waals surface area contributed by atoms with Crippen molar-refractivity contribution in [3.63, 3.8) is 0 Å². The molecule has 16 heavy (non-hydrogen) atoms. The summed E-state index contributed by atoms with van der Waals surface area (Å²) in [6.45, 7) is 1.78. The third-order valence-corrected chi connectivity index (χ3v) is 3.84. The zero-order valence-electron chi connectivity index (χ0n) is 9.12. The Morgan fingerprint density at radius 2 is 2.31 bits per heavy atom. The summed E-state index contributed by atoms with van der Waals surface area (Å²) in [4.78, 5) is 0. The van der Waals surface area contributed by atoms with Crippen LogP contribution in [-0.4, -0.2) is 11.1 Å². The van der Waals surface area contributed by atoms with Crippen LogP contribution in [0, 0.1) is 5.92 Å². The second kappa shape index (κ2) is 3.79. The van der Waals surface area contributed by atoms with Crippen molar-refractivity contribution in [1.29, 1.82) is 0 Å². The number of benzene rings is 1. The largest absolute Gasteiger partial charge is 0.343 e. The van der Waals surface area contributed by atoms with Gasteiger partial charge in [-0.1, -0.05) is 23.7 Å². The number of nitrogens with zero attached hydrogens (tertiary/aromatic N) is 1. The van der Waals surface area contributed by atoms with E-state index in [1.807, 2.05) is 12.1 Å². The highest BCUT2D eigenvalue weighted by molar-refractivity contribution is 6.35. The highest BCUT2D eigenvalue weighted by atomic mass is 35.5. The summed E-state index contributed by atoms with van der Waals surface area (Å²) in [5, 5.41) is 2.10. The smallest absolute Gasteiger partial charge is 0.0671 e. The number of halogens is 1. The van der Waals surface area contributed by atoms with E-state index in [0.717, 1.165) is 24.5 Å². The van der Waals surface area contributed by atoms with Gasteiger partial charge in [0.25, 0.3) is 0 Å². The Morgan fingerprint density at radius 1 is 1.44 bits per heavy atom. The van der Waals surface area contributed by atoms with E-state index < -0.39 is 0 Å². The maximum absolute atomic E-state index is 6.27. The zero-order chi connectivity index (χ0) is 11.1. The van der Waals surface area contributed by atoms with Crippen LogP contribution in [0.25, 0.3) is 10.9 Å². The number of nitrogens with two attached hydrogens (primary N) is 1. The summed E-state index contributed by atoms with van der Waals surface area (Å²) in [7, 11) is 0. The predicted octanol–water partition coefficient (Wildman–Crippen LogP) is 2.82. The molecule has 2 N–H and O–H groups in total. The fourth-order valence-corrected chi connectivity index (χ4v) is 2.93. The first-order chi connectivity index (χ1) is 7.79. The van der Waals surface area contributed by atoms with Gasteiger partial charge in [0.2, 0.25) is 0 Å². The number of para-hydroxylation sites is 1. The lowest BCUT2D eigenvalue weighted by Crippen LogP contribution is -2.25. The van der Waals surface area contributed by atoms with Crippen LogP contribution in [0.3, 0.4) is 0 Å². The molecule has 0 saturated heterocycles. The van der Waals surface area contributed by atoms with Gasteiger partial charge in [0.05, 0.1) is 10.5 Å². The maximum Gasteiger partial charge on any atom is 0.0671 e. The summed E-state index contributed by atoms with van der Waals surface area (Å²) >= 11 is 6.27. The van der Waals surface area contributed by atoms with Gasteiger partial charge in [-0.05, 0) is 37.4 Å². The number of hydrogen-bond donors (Lipinski definition) is 1. The van der Waals surface area contributed by atoms with E-state index in [2.05, 4.69) is 16.7 Å². The van der Waals surface area contributed by atoms with Crippen molar-refractivity contribution in [1.82, 2.24) is 4.57 Å². The lowest BCUT2D eigenvalue weighted by Gasteiger charge is -2.24. The maximum atomic E-state index is 6.27. The molecule has 0 aliphatic carbocycles. The molecule has 1 unspecified atom stereocenters. The molecule has 3 rings (SSSR count). The van der Waals surface area contributed by atoms with Crippen LogP contribution in [0.2, 0.25) is 5.02 Å². The topological polar surface area (TPSA) is 30.9 Å². The van der Waals surface area contributed by atoms with E-state index in [-0.39, 0.29) is 0 Å². The number of aryl methyl sites for hydroxylation is 1. The van der Waals surface area contributed by atoms with E-state index in [1.165, 1.54) is 23.0 Å². The Balaban J connectivity index is 2.19. The van der Waals surface area contributed by atoms with Gasteiger partial charge in [0, 0.05) is 17.6 Å². The predicted molar refractivity (Wildman–Crippen MR) is 67.8 cm³/mol. The minimum Gasteiger partial charge on any atom is -0.343 e. The molecule has 0 bridgehead atoms. The number of rotatable bonds is 1. The quantitative estimate of drug-likeness (QED) is 0.808. The van der Waals surface area contributed by atoms with E-state index in [1.54, 1.807) is 0 Å². The second-order valence-corrected chi connectivity index (χ2v) is 4.97.